The Labute approximate surface area is 116 Å². The Balaban J connectivity index is 1.86. The summed E-state index contributed by atoms with van der Waals surface area (Å²) in [5.74, 6) is 0.690. The van der Waals surface area contributed by atoms with E-state index in [9.17, 15) is 0 Å². The fourth-order valence-corrected chi connectivity index (χ4v) is 3.15. The van der Waals surface area contributed by atoms with Crippen molar-refractivity contribution in [3.05, 3.63) is 16.2 Å². The van der Waals surface area contributed by atoms with Gasteiger partial charge in [0.1, 0.15) is 5.01 Å². The molecule has 2 heterocycles. The summed E-state index contributed by atoms with van der Waals surface area (Å²) in [5, 5.41) is 15.0. The standard InChI is InChI=1S/C12H18N4S2/c1-8(2)6-13-5-4-11-15-16-12(18-11)10-7-14-9(3)17-10/h7-8,13H,4-6H2,1-3H3. The molecule has 0 aromatic carbocycles. The van der Waals surface area contributed by atoms with Gasteiger partial charge in [0.05, 0.1) is 9.88 Å². The maximum Gasteiger partial charge on any atom is 0.159 e. The summed E-state index contributed by atoms with van der Waals surface area (Å²) in [4.78, 5) is 5.36. The molecule has 1 N–H and O–H groups in total. The second kappa shape index (κ2) is 6.36. The monoisotopic (exact) mass is 282 g/mol. The Hall–Kier alpha value is -0.850. The largest absolute Gasteiger partial charge is 0.316 e. The van der Waals surface area contributed by atoms with Gasteiger partial charge in [-0.3, -0.25) is 0 Å². The van der Waals surface area contributed by atoms with Gasteiger partial charge in [0.15, 0.2) is 5.01 Å². The van der Waals surface area contributed by atoms with Crippen molar-refractivity contribution in [2.45, 2.75) is 27.2 Å². The lowest BCUT2D eigenvalue weighted by molar-refractivity contribution is 0.553. The molecule has 18 heavy (non-hydrogen) atoms. The van der Waals surface area contributed by atoms with Gasteiger partial charge in [-0.05, 0) is 19.4 Å². The van der Waals surface area contributed by atoms with Crippen LogP contribution in [0, 0.1) is 12.8 Å². The zero-order valence-electron chi connectivity index (χ0n) is 10.9. The summed E-state index contributed by atoms with van der Waals surface area (Å²) in [6.45, 7) is 8.45. The molecule has 4 nitrogen and oxygen atoms in total. The van der Waals surface area contributed by atoms with Gasteiger partial charge in [0, 0.05) is 19.2 Å². The van der Waals surface area contributed by atoms with Gasteiger partial charge in [-0.25, -0.2) is 4.98 Å². The molecule has 0 radical (unpaired) electrons. The number of rotatable bonds is 6. The SMILES string of the molecule is Cc1ncc(-c2nnc(CCNCC(C)C)s2)s1. The van der Waals surface area contributed by atoms with Gasteiger partial charge in [-0.2, -0.15) is 0 Å². The lowest BCUT2D eigenvalue weighted by atomic mass is 10.2. The molecular formula is C12H18N4S2. The molecule has 0 fully saturated rings. The summed E-state index contributed by atoms with van der Waals surface area (Å²) < 4.78 is 0. The van der Waals surface area contributed by atoms with Crippen LogP contribution in [0.4, 0.5) is 0 Å². The van der Waals surface area contributed by atoms with Crippen molar-refractivity contribution < 1.29 is 0 Å². The molecule has 2 aromatic heterocycles. The van der Waals surface area contributed by atoms with Crippen LogP contribution < -0.4 is 5.32 Å². The Kier molecular flexibility index (Phi) is 4.79. The molecule has 0 aliphatic carbocycles. The zero-order valence-corrected chi connectivity index (χ0v) is 12.6. The fraction of sp³-hybridized carbons (Fsp3) is 0.583. The number of aromatic nitrogens is 3. The van der Waals surface area contributed by atoms with Gasteiger partial charge in [-0.15, -0.1) is 21.5 Å². The highest BCUT2D eigenvalue weighted by molar-refractivity contribution is 7.21. The summed E-state index contributed by atoms with van der Waals surface area (Å²) in [5.41, 5.74) is 0. The van der Waals surface area contributed by atoms with Crippen LogP contribution in [0.5, 0.6) is 0 Å². The molecule has 0 aliphatic heterocycles. The van der Waals surface area contributed by atoms with Crippen molar-refractivity contribution >= 4 is 22.7 Å². The van der Waals surface area contributed by atoms with Gasteiger partial charge < -0.3 is 5.32 Å². The van der Waals surface area contributed by atoms with Gasteiger partial charge in [-0.1, -0.05) is 25.2 Å². The first-order valence-electron chi connectivity index (χ1n) is 6.11. The first-order chi connectivity index (χ1) is 8.65. The predicted molar refractivity (Wildman–Crippen MR) is 77.2 cm³/mol. The lowest BCUT2D eigenvalue weighted by Crippen LogP contribution is -2.22. The molecular weight excluding hydrogens is 264 g/mol. The van der Waals surface area contributed by atoms with E-state index in [1.54, 1.807) is 22.7 Å². The molecule has 0 aliphatic rings. The van der Waals surface area contributed by atoms with E-state index in [2.05, 4.69) is 34.3 Å². The molecule has 0 bridgehead atoms. The van der Waals surface area contributed by atoms with Crippen LogP contribution in [0.25, 0.3) is 9.88 Å². The Morgan fingerprint density at radius 1 is 1.28 bits per heavy atom. The van der Waals surface area contributed by atoms with Crippen molar-refractivity contribution in [2.75, 3.05) is 13.1 Å². The van der Waals surface area contributed by atoms with E-state index in [1.165, 1.54) is 0 Å². The minimum Gasteiger partial charge on any atom is -0.316 e. The fourth-order valence-electron chi connectivity index (χ4n) is 1.50. The summed E-state index contributed by atoms with van der Waals surface area (Å²) in [6.07, 6.45) is 2.82. The molecule has 0 amide bonds. The number of nitrogens with zero attached hydrogens (tertiary/aromatic N) is 3. The van der Waals surface area contributed by atoms with Crippen LogP contribution in [0.1, 0.15) is 23.9 Å². The van der Waals surface area contributed by atoms with Crippen molar-refractivity contribution in [1.82, 2.24) is 20.5 Å². The zero-order chi connectivity index (χ0) is 13.0. The van der Waals surface area contributed by atoms with Crippen molar-refractivity contribution in [1.29, 1.82) is 0 Å². The average molecular weight is 282 g/mol. The third kappa shape index (κ3) is 3.83. The van der Waals surface area contributed by atoms with E-state index < -0.39 is 0 Å². The van der Waals surface area contributed by atoms with Crippen molar-refractivity contribution in [3.8, 4) is 9.88 Å². The van der Waals surface area contributed by atoms with E-state index >= 15 is 0 Å². The number of hydrogen-bond acceptors (Lipinski definition) is 6. The first kappa shape index (κ1) is 13.6. The molecule has 0 saturated carbocycles. The highest BCUT2D eigenvalue weighted by Crippen LogP contribution is 2.28. The number of hydrogen-bond donors (Lipinski definition) is 1. The van der Waals surface area contributed by atoms with Gasteiger partial charge >= 0.3 is 0 Å². The summed E-state index contributed by atoms with van der Waals surface area (Å²) in [7, 11) is 0. The summed E-state index contributed by atoms with van der Waals surface area (Å²) >= 11 is 3.33. The summed E-state index contributed by atoms with van der Waals surface area (Å²) in [6, 6.07) is 0. The van der Waals surface area contributed by atoms with Crippen LogP contribution in [-0.4, -0.2) is 28.3 Å². The quantitative estimate of drug-likeness (QED) is 0.828. The van der Waals surface area contributed by atoms with E-state index in [1.807, 2.05) is 13.1 Å². The van der Waals surface area contributed by atoms with E-state index in [0.29, 0.717) is 5.92 Å². The molecule has 2 aromatic rings. The van der Waals surface area contributed by atoms with Crippen LogP contribution >= 0.6 is 22.7 Å². The molecule has 98 valence electrons. The van der Waals surface area contributed by atoms with E-state index in [4.69, 9.17) is 0 Å². The predicted octanol–water partition coefficient (Wildman–Crippen LogP) is 2.76. The first-order valence-corrected chi connectivity index (χ1v) is 7.74. The van der Waals surface area contributed by atoms with E-state index in [0.717, 1.165) is 39.4 Å². The smallest absolute Gasteiger partial charge is 0.159 e. The Morgan fingerprint density at radius 3 is 2.78 bits per heavy atom. The van der Waals surface area contributed by atoms with Crippen LogP contribution in [0.3, 0.4) is 0 Å². The topological polar surface area (TPSA) is 50.7 Å². The van der Waals surface area contributed by atoms with Crippen molar-refractivity contribution in [2.24, 2.45) is 5.92 Å². The highest BCUT2D eigenvalue weighted by atomic mass is 32.1. The highest BCUT2D eigenvalue weighted by Gasteiger charge is 2.09. The third-order valence-electron chi connectivity index (χ3n) is 2.37. The normalized spacial score (nSPS) is 11.3. The number of aryl methyl sites for hydroxylation is 1. The maximum atomic E-state index is 4.24. The van der Waals surface area contributed by atoms with Gasteiger partial charge in [0.2, 0.25) is 0 Å². The third-order valence-corrected chi connectivity index (χ3v) is 4.43. The van der Waals surface area contributed by atoms with Crippen LogP contribution in [-0.2, 0) is 6.42 Å². The number of nitrogens with one attached hydrogen (secondary N) is 1. The minimum absolute atomic E-state index is 0.690. The molecule has 6 heteroatoms. The molecule has 0 spiro atoms. The van der Waals surface area contributed by atoms with E-state index in [-0.39, 0.29) is 0 Å². The van der Waals surface area contributed by atoms with Crippen molar-refractivity contribution in [3.63, 3.8) is 0 Å². The lowest BCUT2D eigenvalue weighted by Gasteiger charge is -2.04. The molecule has 0 atom stereocenters. The average Bonchev–Trinajstić information content (AvgIpc) is 2.93. The second-order valence-electron chi connectivity index (χ2n) is 4.59. The maximum absolute atomic E-state index is 4.24. The second-order valence-corrected chi connectivity index (χ2v) is 6.89. The van der Waals surface area contributed by atoms with Gasteiger partial charge in [0.25, 0.3) is 0 Å². The van der Waals surface area contributed by atoms with Crippen LogP contribution in [0.15, 0.2) is 6.20 Å². The molecule has 2 rings (SSSR count). The van der Waals surface area contributed by atoms with Crippen LogP contribution in [0.2, 0.25) is 0 Å². The Bertz CT molecular complexity index is 490. The molecule has 0 saturated heterocycles. The minimum atomic E-state index is 0.690. The molecule has 0 unspecified atom stereocenters. The number of thiazole rings is 1. The Morgan fingerprint density at radius 2 is 2.11 bits per heavy atom.